The predicted molar refractivity (Wildman–Crippen MR) is 95.4 cm³/mol. The zero-order chi connectivity index (χ0) is 16.5. The molecule has 118 valence electrons. The SMILES string of the molecule is COc1ccc(-c2nc(-c3ccc(Cl)cc3)cn3ccnc23)cc1. The average molecular weight is 336 g/mol. The largest absolute Gasteiger partial charge is 0.497 e. The lowest BCUT2D eigenvalue weighted by Gasteiger charge is -2.09. The van der Waals surface area contributed by atoms with Gasteiger partial charge in [0.2, 0.25) is 0 Å². The van der Waals surface area contributed by atoms with Gasteiger partial charge in [0.1, 0.15) is 11.4 Å². The van der Waals surface area contributed by atoms with Crippen molar-refractivity contribution in [2.24, 2.45) is 0 Å². The Morgan fingerprint density at radius 3 is 2.38 bits per heavy atom. The highest BCUT2D eigenvalue weighted by Crippen LogP contribution is 2.28. The number of fused-ring (bicyclic) bond motifs is 1. The molecule has 0 aliphatic heterocycles. The molecule has 0 saturated heterocycles. The second-order valence-corrected chi connectivity index (χ2v) is 5.80. The summed E-state index contributed by atoms with van der Waals surface area (Å²) >= 11 is 5.98. The lowest BCUT2D eigenvalue weighted by molar-refractivity contribution is 0.415. The smallest absolute Gasteiger partial charge is 0.163 e. The van der Waals surface area contributed by atoms with Crippen LogP contribution in [0.1, 0.15) is 0 Å². The summed E-state index contributed by atoms with van der Waals surface area (Å²) in [5.41, 5.74) is 4.50. The molecule has 0 amide bonds. The summed E-state index contributed by atoms with van der Waals surface area (Å²) < 4.78 is 7.21. The van der Waals surface area contributed by atoms with Gasteiger partial charge >= 0.3 is 0 Å². The van der Waals surface area contributed by atoms with Gasteiger partial charge in [0.25, 0.3) is 0 Å². The van der Waals surface area contributed by atoms with Gasteiger partial charge in [-0.15, -0.1) is 0 Å². The molecule has 0 aliphatic rings. The van der Waals surface area contributed by atoms with Crippen molar-refractivity contribution in [1.82, 2.24) is 14.4 Å². The van der Waals surface area contributed by atoms with Gasteiger partial charge in [0.05, 0.1) is 12.8 Å². The van der Waals surface area contributed by atoms with Gasteiger partial charge in [0.15, 0.2) is 5.65 Å². The molecule has 0 unspecified atom stereocenters. The van der Waals surface area contributed by atoms with Crippen molar-refractivity contribution in [3.05, 3.63) is 72.1 Å². The molecule has 2 aromatic carbocycles. The summed E-state index contributed by atoms with van der Waals surface area (Å²) in [5, 5.41) is 0.706. The molecule has 24 heavy (non-hydrogen) atoms. The number of hydrogen-bond acceptors (Lipinski definition) is 3. The maximum atomic E-state index is 5.98. The number of methoxy groups -OCH3 is 1. The second-order valence-electron chi connectivity index (χ2n) is 5.37. The molecule has 4 rings (SSSR count). The Kier molecular flexibility index (Phi) is 3.67. The Balaban J connectivity index is 1.90. The predicted octanol–water partition coefficient (Wildman–Crippen LogP) is 4.73. The Morgan fingerprint density at radius 2 is 1.67 bits per heavy atom. The van der Waals surface area contributed by atoms with Gasteiger partial charge in [-0.3, -0.25) is 0 Å². The number of aromatic nitrogens is 3. The fourth-order valence-corrected chi connectivity index (χ4v) is 2.76. The third-order valence-corrected chi connectivity index (χ3v) is 4.13. The monoisotopic (exact) mass is 335 g/mol. The molecule has 0 radical (unpaired) electrons. The van der Waals surface area contributed by atoms with Gasteiger partial charge in [-0.05, 0) is 36.4 Å². The Hall–Kier alpha value is -2.85. The third kappa shape index (κ3) is 2.61. The number of nitrogens with zero attached hydrogens (tertiary/aromatic N) is 3. The van der Waals surface area contributed by atoms with E-state index in [-0.39, 0.29) is 0 Å². The van der Waals surface area contributed by atoms with Crippen LogP contribution in [-0.4, -0.2) is 21.5 Å². The molecule has 0 N–H and O–H groups in total. The highest BCUT2D eigenvalue weighted by atomic mass is 35.5. The standard InChI is InChI=1S/C19H14ClN3O/c1-24-16-8-4-14(5-9-16)18-19-21-10-11-23(19)12-17(22-18)13-2-6-15(20)7-3-13/h2-12H,1H3. The molecule has 0 saturated carbocycles. The lowest BCUT2D eigenvalue weighted by atomic mass is 10.1. The first-order chi connectivity index (χ1) is 11.7. The van der Waals surface area contributed by atoms with Crippen LogP contribution in [0.5, 0.6) is 5.75 Å². The summed E-state index contributed by atoms with van der Waals surface area (Å²) in [4.78, 5) is 9.27. The molecule has 0 spiro atoms. The minimum Gasteiger partial charge on any atom is -0.497 e. The van der Waals surface area contributed by atoms with Crippen LogP contribution >= 0.6 is 11.6 Å². The average Bonchev–Trinajstić information content (AvgIpc) is 3.10. The Morgan fingerprint density at radius 1 is 0.958 bits per heavy atom. The summed E-state index contributed by atoms with van der Waals surface area (Å²) in [6.45, 7) is 0. The van der Waals surface area contributed by atoms with E-state index in [0.29, 0.717) is 5.02 Å². The van der Waals surface area contributed by atoms with Crippen LogP contribution in [0.4, 0.5) is 0 Å². The maximum absolute atomic E-state index is 5.98. The molecule has 0 fully saturated rings. The van der Waals surface area contributed by atoms with E-state index in [2.05, 4.69) is 4.98 Å². The van der Waals surface area contributed by atoms with Crippen LogP contribution in [0.2, 0.25) is 5.02 Å². The zero-order valence-electron chi connectivity index (χ0n) is 13.0. The van der Waals surface area contributed by atoms with Gasteiger partial charge < -0.3 is 9.14 Å². The molecule has 0 aliphatic carbocycles. The molecule has 4 aromatic rings. The van der Waals surface area contributed by atoms with Gasteiger partial charge in [-0.25, -0.2) is 9.97 Å². The first-order valence-corrected chi connectivity index (χ1v) is 7.86. The topological polar surface area (TPSA) is 39.4 Å². The summed E-state index contributed by atoms with van der Waals surface area (Å²) in [6, 6.07) is 15.5. The molecule has 0 bridgehead atoms. The fraction of sp³-hybridized carbons (Fsp3) is 0.0526. The fourth-order valence-electron chi connectivity index (χ4n) is 2.63. The number of hydrogen-bond donors (Lipinski definition) is 0. The first kappa shape index (κ1) is 14.7. The van der Waals surface area contributed by atoms with E-state index in [4.69, 9.17) is 21.3 Å². The van der Waals surface area contributed by atoms with Gasteiger partial charge in [-0.1, -0.05) is 23.7 Å². The Bertz CT molecular complexity index is 991. The van der Waals surface area contributed by atoms with Crippen LogP contribution < -0.4 is 4.74 Å². The van der Waals surface area contributed by atoms with E-state index in [1.807, 2.05) is 65.3 Å². The van der Waals surface area contributed by atoms with E-state index < -0.39 is 0 Å². The van der Waals surface area contributed by atoms with Crippen LogP contribution in [0.3, 0.4) is 0 Å². The minimum absolute atomic E-state index is 0.706. The molecule has 5 heteroatoms. The number of benzene rings is 2. The second kappa shape index (κ2) is 5.98. The molecular weight excluding hydrogens is 322 g/mol. The van der Waals surface area contributed by atoms with Crippen LogP contribution in [-0.2, 0) is 0 Å². The van der Waals surface area contributed by atoms with Crippen molar-refractivity contribution in [2.45, 2.75) is 0 Å². The van der Waals surface area contributed by atoms with Crippen molar-refractivity contribution >= 4 is 17.2 Å². The summed E-state index contributed by atoms with van der Waals surface area (Å²) in [7, 11) is 1.65. The molecule has 4 nitrogen and oxygen atoms in total. The Labute approximate surface area is 144 Å². The van der Waals surface area contributed by atoms with E-state index in [0.717, 1.165) is 33.9 Å². The lowest BCUT2D eigenvalue weighted by Crippen LogP contribution is -1.96. The van der Waals surface area contributed by atoms with Crippen LogP contribution in [0.25, 0.3) is 28.2 Å². The quantitative estimate of drug-likeness (QED) is 0.543. The van der Waals surface area contributed by atoms with Crippen molar-refractivity contribution < 1.29 is 4.74 Å². The van der Waals surface area contributed by atoms with Crippen molar-refractivity contribution in [3.8, 4) is 28.3 Å². The molecule has 2 heterocycles. The molecular formula is C19H14ClN3O. The van der Waals surface area contributed by atoms with Gasteiger partial charge in [-0.2, -0.15) is 0 Å². The summed E-state index contributed by atoms with van der Waals surface area (Å²) in [5.74, 6) is 0.812. The summed E-state index contributed by atoms with van der Waals surface area (Å²) in [6.07, 6.45) is 5.66. The highest BCUT2D eigenvalue weighted by Gasteiger charge is 2.11. The van der Waals surface area contributed by atoms with Crippen molar-refractivity contribution in [2.75, 3.05) is 7.11 Å². The zero-order valence-corrected chi connectivity index (χ0v) is 13.7. The number of imidazole rings is 1. The molecule has 0 atom stereocenters. The van der Waals surface area contributed by atoms with Crippen LogP contribution in [0, 0.1) is 0 Å². The van der Waals surface area contributed by atoms with E-state index in [1.54, 1.807) is 13.3 Å². The van der Waals surface area contributed by atoms with E-state index in [9.17, 15) is 0 Å². The third-order valence-electron chi connectivity index (χ3n) is 3.88. The normalized spacial score (nSPS) is 10.9. The van der Waals surface area contributed by atoms with Crippen LogP contribution in [0.15, 0.2) is 67.1 Å². The van der Waals surface area contributed by atoms with Crippen molar-refractivity contribution in [3.63, 3.8) is 0 Å². The van der Waals surface area contributed by atoms with Gasteiger partial charge in [0, 0.05) is 34.7 Å². The van der Waals surface area contributed by atoms with E-state index in [1.165, 1.54) is 0 Å². The molecule has 2 aromatic heterocycles. The minimum atomic E-state index is 0.706. The van der Waals surface area contributed by atoms with E-state index >= 15 is 0 Å². The first-order valence-electron chi connectivity index (χ1n) is 7.49. The number of rotatable bonds is 3. The maximum Gasteiger partial charge on any atom is 0.163 e. The number of ether oxygens (including phenoxy) is 1. The highest BCUT2D eigenvalue weighted by molar-refractivity contribution is 6.30. The number of halogens is 1. The van der Waals surface area contributed by atoms with Crippen molar-refractivity contribution in [1.29, 1.82) is 0 Å².